The number of hydrogen-bond acceptors (Lipinski definition) is 3. The summed E-state index contributed by atoms with van der Waals surface area (Å²) in [6.45, 7) is 5.86. The van der Waals surface area contributed by atoms with Crippen LogP contribution in [0.3, 0.4) is 0 Å². The number of rotatable bonds is 4. The highest BCUT2D eigenvalue weighted by Crippen LogP contribution is 2.22. The SMILES string of the molecule is Cc1cc(OC(C)C)ccc1NC(=O)c1ccc(Cl)nc1. The van der Waals surface area contributed by atoms with Crippen molar-refractivity contribution < 1.29 is 9.53 Å². The summed E-state index contributed by atoms with van der Waals surface area (Å²) in [5.41, 5.74) is 2.13. The van der Waals surface area contributed by atoms with Crippen LogP contribution in [0.15, 0.2) is 36.5 Å². The molecule has 0 saturated heterocycles. The van der Waals surface area contributed by atoms with Crippen molar-refractivity contribution in [2.24, 2.45) is 0 Å². The maximum absolute atomic E-state index is 12.1. The van der Waals surface area contributed by atoms with Gasteiger partial charge in [-0.25, -0.2) is 4.98 Å². The summed E-state index contributed by atoms with van der Waals surface area (Å²) in [6, 6.07) is 8.78. The summed E-state index contributed by atoms with van der Waals surface area (Å²) in [4.78, 5) is 16.0. The molecule has 0 atom stereocenters. The number of anilines is 1. The first-order chi connectivity index (χ1) is 9.95. The molecular weight excluding hydrogens is 288 g/mol. The minimum Gasteiger partial charge on any atom is -0.491 e. The maximum atomic E-state index is 12.1. The van der Waals surface area contributed by atoms with E-state index in [0.717, 1.165) is 17.0 Å². The summed E-state index contributed by atoms with van der Waals surface area (Å²) in [6.07, 6.45) is 1.56. The lowest BCUT2D eigenvalue weighted by atomic mass is 10.1. The molecule has 1 amide bonds. The zero-order valence-corrected chi connectivity index (χ0v) is 12.9. The molecule has 0 radical (unpaired) electrons. The molecule has 2 aromatic rings. The zero-order valence-electron chi connectivity index (χ0n) is 12.2. The second kappa shape index (κ2) is 6.59. The molecule has 0 aliphatic carbocycles. The first-order valence-corrected chi connectivity index (χ1v) is 7.03. The molecule has 0 bridgehead atoms. The predicted molar refractivity (Wildman–Crippen MR) is 84.1 cm³/mol. The lowest BCUT2D eigenvalue weighted by molar-refractivity contribution is 0.102. The molecule has 2 rings (SSSR count). The fraction of sp³-hybridized carbons (Fsp3) is 0.250. The van der Waals surface area contributed by atoms with Crippen molar-refractivity contribution in [1.29, 1.82) is 0 Å². The Morgan fingerprint density at radius 3 is 2.62 bits per heavy atom. The third-order valence-electron chi connectivity index (χ3n) is 2.81. The Morgan fingerprint density at radius 2 is 2.05 bits per heavy atom. The van der Waals surface area contributed by atoms with Gasteiger partial charge in [0.05, 0.1) is 11.7 Å². The largest absolute Gasteiger partial charge is 0.491 e. The van der Waals surface area contributed by atoms with Gasteiger partial charge in [-0.3, -0.25) is 4.79 Å². The van der Waals surface area contributed by atoms with Crippen molar-refractivity contribution in [2.45, 2.75) is 26.9 Å². The highest BCUT2D eigenvalue weighted by atomic mass is 35.5. The number of benzene rings is 1. The predicted octanol–water partition coefficient (Wildman–Crippen LogP) is 4.08. The molecule has 0 saturated carbocycles. The van der Waals surface area contributed by atoms with Crippen molar-refractivity contribution in [1.82, 2.24) is 4.98 Å². The fourth-order valence-corrected chi connectivity index (χ4v) is 1.94. The number of nitrogens with one attached hydrogen (secondary N) is 1. The third-order valence-corrected chi connectivity index (χ3v) is 3.03. The Kier molecular flexibility index (Phi) is 4.81. The van der Waals surface area contributed by atoms with Crippen LogP contribution in [0.1, 0.15) is 29.8 Å². The molecule has 0 spiro atoms. The number of amides is 1. The number of nitrogens with zero attached hydrogens (tertiary/aromatic N) is 1. The van der Waals surface area contributed by atoms with Crippen LogP contribution in [0.4, 0.5) is 5.69 Å². The van der Waals surface area contributed by atoms with Crippen LogP contribution in [0, 0.1) is 6.92 Å². The van der Waals surface area contributed by atoms with Gasteiger partial charge in [0.1, 0.15) is 10.9 Å². The second-order valence-corrected chi connectivity index (χ2v) is 5.35. The highest BCUT2D eigenvalue weighted by Gasteiger charge is 2.09. The minimum atomic E-state index is -0.222. The number of halogens is 1. The fourth-order valence-electron chi connectivity index (χ4n) is 1.83. The van der Waals surface area contributed by atoms with Crippen LogP contribution in [0.5, 0.6) is 5.75 Å². The van der Waals surface area contributed by atoms with E-state index >= 15 is 0 Å². The van der Waals surface area contributed by atoms with Gasteiger partial charge in [-0.1, -0.05) is 11.6 Å². The van der Waals surface area contributed by atoms with Crippen LogP contribution in [0.2, 0.25) is 5.15 Å². The Hall–Kier alpha value is -2.07. The molecule has 0 fully saturated rings. The lowest BCUT2D eigenvalue weighted by Gasteiger charge is -2.13. The molecular formula is C16H17ClN2O2. The molecule has 1 heterocycles. The number of aromatic nitrogens is 1. The molecule has 0 aliphatic rings. The Balaban J connectivity index is 2.12. The highest BCUT2D eigenvalue weighted by molar-refractivity contribution is 6.29. The van der Waals surface area contributed by atoms with E-state index in [2.05, 4.69) is 10.3 Å². The normalized spacial score (nSPS) is 10.5. The Morgan fingerprint density at radius 1 is 1.29 bits per heavy atom. The topological polar surface area (TPSA) is 51.2 Å². The van der Waals surface area contributed by atoms with Crippen molar-refractivity contribution in [3.8, 4) is 5.75 Å². The van der Waals surface area contributed by atoms with Gasteiger partial charge in [0.15, 0.2) is 0 Å². The number of aryl methyl sites for hydroxylation is 1. The van der Waals surface area contributed by atoms with Gasteiger partial charge in [-0.15, -0.1) is 0 Å². The zero-order chi connectivity index (χ0) is 15.4. The van der Waals surface area contributed by atoms with Gasteiger partial charge in [0, 0.05) is 11.9 Å². The van der Waals surface area contributed by atoms with Gasteiger partial charge in [0.25, 0.3) is 5.91 Å². The van der Waals surface area contributed by atoms with Crippen LogP contribution < -0.4 is 10.1 Å². The monoisotopic (exact) mass is 304 g/mol. The van der Waals surface area contributed by atoms with Crippen molar-refractivity contribution in [3.63, 3.8) is 0 Å². The van der Waals surface area contributed by atoms with Crippen molar-refractivity contribution >= 4 is 23.2 Å². The number of carbonyl (C=O) groups excluding carboxylic acids is 1. The molecule has 0 aliphatic heterocycles. The van der Waals surface area contributed by atoms with Crippen molar-refractivity contribution in [3.05, 3.63) is 52.8 Å². The van der Waals surface area contributed by atoms with E-state index in [1.807, 2.05) is 39.0 Å². The second-order valence-electron chi connectivity index (χ2n) is 4.97. The van der Waals surface area contributed by atoms with Gasteiger partial charge in [-0.2, -0.15) is 0 Å². The quantitative estimate of drug-likeness (QED) is 0.866. The molecule has 0 unspecified atom stereocenters. The van der Waals surface area contributed by atoms with E-state index in [1.54, 1.807) is 12.1 Å². The van der Waals surface area contributed by atoms with Crippen LogP contribution in [-0.2, 0) is 0 Å². The molecule has 4 nitrogen and oxygen atoms in total. The van der Waals surface area contributed by atoms with Crippen molar-refractivity contribution in [2.75, 3.05) is 5.32 Å². The maximum Gasteiger partial charge on any atom is 0.257 e. The smallest absolute Gasteiger partial charge is 0.257 e. The summed E-state index contributed by atoms with van der Waals surface area (Å²) in [5, 5.41) is 3.21. The van der Waals surface area contributed by atoms with Crippen LogP contribution in [0.25, 0.3) is 0 Å². The number of carbonyl (C=O) groups is 1. The van der Waals surface area contributed by atoms with Gasteiger partial charge < -0.3 is 10.1 Å². The molecule has 1 N–H and O–H groups in total. The Labute approximate surface area is 129 Å². The lowest BCUT2D eigenvalue weighted by Crippen LogP contribution is -2.13. The summed E-state index contributed by atoms with van der Waals surface area (Å²) < 4.78 is 5.62. The van der Waals surface area contributed by atoms with E-state index in [4.69, 9.17) is 16.3 Å². The summed E-state index contributed by atoms with van der Waals surface area (Å²) >= 11 is 5.70. The minimum absolute atomic E-state index is 0.116. The molecule has 21 heavy (non-hydrogen) atoms. The molecule has 1 aromatic carbocycles. The Bertz CT molecular complexity index is 639. The van der Waals surface area contributed by atoms with E-state index in [1.165, 1.54) is 6.20 Å². The van der Waals surface area contributed by atoms with E-state index < -0.39 is 0 Å². The first kappa shape index (κ1) is 15.3. The number of ether oxygens (including phenoxy) is 1. The average molecular weight is 305 g/mol. The third kappa shape index (κ3) is 4.20. The van der Waals surface area contributed by atoms with Crippen LogP contribution in [-0.4, -0.2) is 17.0 Å². The van der Waals surface area contributed by atoms with Gasteiger partial charge >= 0.3 is 0 Å². The van der Waals surface area contributed by atoms with Crippen LogP contribution >= 0.6 is 11.6 Å². The number of hydrogen-bond donors (Lipinski definition) is 1. The average Bonchev–Trinajstić information content (AvgIpc) is 2.42. The standard InChI is InChI=1S/C16H17ClN2O2/c1-10(2)21-13-5-6-14(11(3)8-13)19-16(20)12-4-7-15(17)18-9-12/h4-10H,1-3H3,(H,19,20). The molecule has 1 aromatic heterocycles. The summed E-state index contributed by atoms with van der Waals surface area (Å²) in [7, 11) is 0. The molecule has 110 valence electrons. The van der Waals surface area contributed by atoms with Gasteiger partial charge in [-0.05, 0) is 56.7 Å². The first-order valence-electron chi connectivity index (χ1n) is 6.66. The van der Waals surface area contributed by atoms with E-state index in [9.17, 15) is 4.79 Å². The molecule has 5 heteroatoms. The van der Waals surface area contributed by atoms with Gasteiger partial charge in [0.2, 0.25) is 0 Å². The van der Waals surface area contributed by atoms with E-state index in [0.29, 0.717) is 10.7 Å². The number of pyridine rings is 1. The van der Waals surface area contributed by atoms with E-state index in [-0.39, 0.29) is 12.0 Å². The summed E-state index contributed by atoms with van der Waals surface area (Å²) in [5.74, 6) is 0.563.